The van der Waals surface area contributed by atoms with Gasteiger partial charge in [-0.1, -0.05) is 15.9 Å². The van der Waals surface area contributed by atoms with Crippen molar-refractivity contribution in [1.82, 2.24) is 9.88 Å². The first-order chi connectivity index (χ1) is 10.3. The number of likely N-dealkylation sites (tertiary alicyclic amines) is 1. The largest absolute Gasteiger partial charge is 0.484 e. The number of carbonyl (C=O) groups is 1. The second-order valence-corrected chi connectivity index (χ2v) is 7.83. The van der Waals surface area contributed by atoms with Crippen LogP contribution in [0.1, 0.15) is 44.0 Å². The van der Waals surface area contributed by atoms with E-state index in [1.807, 2.05) is 26.8 Å². The normalized spacial score (nSPS) is 23.1. The minimum atomic E-state index is -0.462. The van der Waals surface area contributed by atoms with Crippen molar-refractivity contribution in [3.05, 3.63) is 24.0 Å². The zero-order valence-electron chi connectivity index (χ0n) is 13.1. The molecule has 5 nitrogen and oxygen atoms in total. The molecule has 22 heavy (non-hydrogen) atoms. The lowest BCUT2D eigenvalue weighted by Crippen LogP contribution is -2.50. The molecule has 1 amide bonds. The number of ether oxygens (including phenoxy) is 2. The van der Waals surface area contributed by atoms with E-state index < -0.39 is 5.60 Å². The maximum atomic E-state index is 12.2. The van der Waals surface area contributed by atoms with Crippen LogP contribution in [0.15, 0.2) is 18.5 Å². The van der Waals surface area contributed by atoms with Crippen molar-refractivity contribution in [2.75, 3.05) is 13.1 Å². The van der Waals surface area contributed by atoms with Crippen LogP contribution in [-0.2, 0) is 4.74 Å². The number of fused-ring (bicyclic) bond motifs is 1. The predicted molar refractivity (Wildman–Crippen MR) is 86.3 cm³/mol. The molecule has 0 aromatic carbocycles. The van der Waals surface area contributed by atoms with Crippen LogP contribution in [0.25, 0.3) is 0 Å². The number of rotatable bonds is 0. The Morgan fingerprint density at radius 3 is 2.73 bits per heavy atom. The van der Waals surface area contributed by atoms with Crippen LogP contribution in [0.3, 0.4) is 0 Å². The van der Waals surface area contributed by atoms with Crippen molar-refractivity contribution in [3.63, 3.8) is 0 Å². The highest BCUT2D eigenvalue weighted by atomic mass is 79.9. The lowest BCUT2D eigenvalue weighted by molar-refractivity contribution is -0.00932. The topological polar surface area (TPSA) is 51.7 Å². The molecule has 3 rings (SSSR count). The number of carbonyl (C=O) groups excluding carboxylic acids is 1. The maximum Gasteiger partial charge on any atom is 0.410 e. The average Bonchev–Trinajstić information content (AvgIpc) is 2.71. The van der Waals surface area contributed by atoms with E-state index in [4.69, 9.17) is 9.47 Å². The molecule has 0 bridgehead atoms. The highest BCUT2D eigenvalue weighted by Gasteiger charge is 2.49. The van der Waals surface area contributed by atoms with Crippen LogP contribution in [0.5, 0.6) is 5.75 Å². The number of amides is 1. The van der Waals surface area contributed by atoms with Crippen molar-refractivity contribution in [3.8, 4) is 5.75 Å². The highest BCUT2D eigenvalue weighted by Crippen LogP contribution is 2.52. The molecule has 1 saturated heterocycles. The Morgan fingerprint density at radius 1 is 1.45 bits per heavy atom. The molecule has 0 radical (unpaired) electrons. The minimum absolute atomic E-state index is 0.138. The first kappa shape index (κ1) is 15.6. The molecule has 3 heterocycles. The van der Waals surface area contributed by atoms with E-state index in [-0.39, 0.29) is 16.5 Å². The number of aromatic nitrogens is 1. The number of hydrogen-bond donors (Lipinski definition) is 0. The third-order valence-corrected chi connectivity index (χ3v) is 5.45. The fourth-order valence-corrected chi connectivity index (χ4v) is 3.92. The third kappa shape index (κ3) is 2.81. The summed E-state index contributed by atoms with van der Waals surface area (Å²) in [4.78, 5) is 18.2. The second kappa shape index (κ2) is 5.41. The first-order valence-corrected chi connectivity index (χ1v) is 8.47. The Balaban J connectivity index is 1.67. The summed E-state index contributed by atoms with van der Waals surface area (Å²) < 4.78 is 11.6. The smallest absolute Gasteiger partial charge is 0.410 e. The van der Waals surface area contributed by atoms with Gasteiger partial charge in [-0.05, 0) is 26.8 Å². The van der Waals surface area contributed by atoms with Gasteiger partial charge in [-0.15, -0.1) is 0 Å². The lowest BCUT2D eigenvalue weighted by atomic mass is 9.87. The SMILES string of the molecule is CC(C)(C)OC(=O)N1CCC2(CC1)Oc1cnccc1C2Br. The zero-order valence-corrected chi connectivity index (χ0v) is 14.7. The van der Waals surface area contributed by atoms with Crippen LogP contribution in [0.2, 0.25) is 0 Å². The van der Waals surface area contributed by atoms with Gasteiger partial charge in [-0.3, -0.25) is 4.98 Å². The summed E-state index contributed by atoms with van der Waals surface area (Å²) in [7, 11) is 0. The summed E-state index contributed by atoms with van der Waals surface area (Å²) in [6, 6.07) is 1.99. The summed E-state index contributed by atoms with van der Waals surface area (Å²) in [6.45, 7) is 6.93. The molecule has 1 atom stereocenters. The Labute approximate surface area is 139 Å². The van der Waals surface area contributed by atoms with E-state index in [9.17, 15) is 4.79 Å². The molecule has 2 aliphatic rings. The van der Waals surface area contributed by atoms with E-state index in [0.29, 0.717) is 13.1 Å². The van der Waals surface area contributed by atoms with Gasteiger partial charge in [0, 0.05) is 37.7 Å². The number of alkyl halides is 1. The fourth-order valence-electron chi connectivity index (χ4n) is 2.99. The molecular weight excluding hydrogens is 348 g/mol. The van der Waals surface area contributed by atoms with E-state index in [1.54, 1.807) is 17.3 Å². The van der Waals surface area contributed by atoms with Crippen molar-refractivity contribution in [2.45, 2.75) is 49.6 Å². The number of halogens is 1. The van der Waals surface area contributed by atoms with Gasteiger partial charge in [-0.2, -0.15) is 0 Å². The van der Waals surface area contributed by atoms with Crippen molar-refractivity contribution in [1.29, 1.82) is 0 Å². The summed E-state index contributed by atoms with van der Waals surface area (Å²) in [5.74, 6) is 0.843. The standard InChI is InChI=1S/C16H21BrN2O3/c1-15(2,3)22-14(20)19-8-5-16(6-9-19)13(17)11-4-7-18-10-12(11)21-16/h4,7,10,13H,5-6,8-9H2,1-3H3. The van der Waals surface area contributed by atoms with Crippen LogP contribution in [0.4, 0.5) is 4.79 Å². The monoisotopic (exact) mass is 368 g/mol. The van der Waals surface area contributed by atoms with E-state index in [1.165, 1.54) is 0 Å². The van der Waals surface area contributed by atoms with Crippen LogP contribution in [0, 0.1) is 0 Å². The molecule has 1 spiro atoms. The van der Waals surface area contributed by atoms with E-state index in [0.717, 1.165) is 24.2 Å². The molecule has 0 saturated carbocycles. The molecular formula is C16H21BrN2O3. The minimum Gasteiger partial charge on any atom is -0.484 e. The van der Waals surface area contributed by atoms with Gasteiger partial charge >= 0.3 is 6.09 Å². The van der Waals surface area contributed by atoms with Crippen LogP contribution < -0.4 is 4.74 Å². The van der Waals surface area contributed by atoms with Crippen molar-refractivity contribution in [2.24, 2.45) is 0 Å². The Hall–Kier alpha value is -1.30. The Morgan fingerprint density at radius 2 is 2.14 bits per heavy atom. The Kier molecular flexibility index (Phi) is 3.83. The third-order valence-electron chi connectivity index (χ3n) is 4.13. The molecule has 0 N–H and O–H groups in total. The van der Waals surface area contributed by atoms with E-state index >= 15 is 0 Å². The van der Waals surface area contributed by atoms with Gasteiger partial charge in [0.2, 0.25) is 0 Å². The van der Waals surface area contributed by atoms with Crippen LogP contribution >= 0.6 is 15.9 Å². The van der Waals surface area contributed by atoms with Gasteiger partial charge < -0.3 is 14.4 Å². The first-order valence-electron chi connectivity index (χ1n) is 7.56. The molecule has 120 valence electrons. The fraction of sp³-hybridized carbons (Fsp3) is 0.625. The number of nitrogens with zero attached hydrogens (tertiary/aromatic N) is 2. The molecule has 1 aromatic rings. The van der Waals surface area contributed by atoms with Crippen LogP contribution in [-0.4, -0.2) is 40.3 Å². The number of piperidine rings is 1. The summed E-state index contributed by atoms with van der Waals surface area (Å²) in [5.41, 5.74) is 0.389. The summed E-state index contributed by atoms with van der Waals surface area (Å²) in [6.07, 6.45) is 4.85. The van der Waals surface area contributed by atoms with Gasteiger partial charge in [0.05, 0.1) is 11.0 Å². The summed E-state index contributed by atoms with van der Waals surface area (Å²) in [5, 5.41) is 0. The molecule has 2 aliphatic heterocycles. The summed E-state index contributed by atoms with van der Waals surface area (Å²) >= 11 is 3.77. The molecule has 1 fully saturated rings. The highest BCUT2D eigenvalue weighted by molar-refractivity contribution is 9.09. The number of hydrogen-bond acceptors (Lipinski definition) is 4. The average molecular weight is 369 g/mol. The van der Waals surface area contributed by atoms with Gasteiger partial charge in [0.25, 0.3) is 0 Å². The zero-order chi connectivity index (χ0) is 16.0. The van der Waals surface area contributed by atoms with E-state index in [2.05, 4.69) is 20.9 Å². The van der Waals surface area contributed by atoms with Crippen molar-refractivity contribution >= 4 is 22.0 Å². The van der Waals surface area contributed by atoms with Crippen molar-refractivity contribution < 1.29 is 14.3 Å². The molecule has 1 unspecified atom stereocenters. The van der Waals surface area contributed by atoms with Gasteiger partial charge in [0.15, 0.2) is 0 Å². The quantitative estimate of drug-likeness (QED) is 0.655. The lowest BCUT2D eigenvalue weighted by Gasteiger charge is -2.40. The molecule has 0 aliphatic carbocycles. The second-order valence-electron chi connectivity index (χ2n) is 6.91. The Bertz CT molecular complexity index is 577. The molecule has 1 aromatic heterocycles. The number of pyridine rings is 1. The van der Waals surface area contributed by atoms with Gasteiger partial charge in [-0.25, -0.2) is 4.79 Å². The maximum absolute atomic E-state index is 12.2. The van der Waals surface area contributed by atoms with Gasteiger partial charge in [0.1, 0.15) is 17.0 Å². The molecule has 6 heteroatoms. The predicted octanol–water partition coefficient (Wildman–Crippen LogP) is 3.68.